The Morgan fingerprint density at radius 1 is 1.00 bits per heavy atom. The number of aryl methyl sites for hydroxylation is 1. The second kappa shape index (κ2) is 9.58. The predicted octanol–water partition coefficient (Wildman–Crippen LogP) is 3.98. The minimum absolute atomic E-state index is 0.116. The lowest BCUT2D eigenvalue weighted by molar-refractivity contribution is 0.0755. The molecule has 1 aliphatic rings. The summed E-state index contributed by atoms with van der Waals surface area (Å²) in [6, 6.07) is 12.5. The molecule has 2 aromatic rings. The van der Waals surface area contributed by atoms with Gasteiger partial charge in [0.25, 0.3) is 5.91 Å². The molecule has 1 aliphatic heterocycles. The van der Waals surface area contributed by atoms with E-state index < -0.39 is 0 Å². The zero-order chi connectivity index (χ0) is 19.9. The molecule has 28 heavy (non-hydrogen) atoms. The number of hydrogen-bond donors (Lipinski definition) is 0. The van der Waals surface area contributed by atoms with E-state index in [1.165, 1.54) is 11.3 Å². The lowest BCUT2D eigenvalue weighted by Crippen LogP contribution is -2.47. The number of amides is 1. The van der Waals surface area contributed by atoms with Crippen molar-refractivity contribution in [2.75, 3.05) is 49.1 Å². The molecule has 5 heteroatoms. The zero-order valence-electron chi connectivity index (χ0n) is 17.4. The lowest BCUT2D eigenvalue weighted by Gasteiger charge is -2.37. The van der Waals surface area contributed by atoms with E-state index >= 15 is 0 Å². The summed E-state index contributed by atoms with van der Waals surface area (Å²) in [7, 11) is 0. The zero-order valence-corrected chi connectivity index (χ0v) is 17.4. The number of carbonyl (C=O) groups excluding carboxylic acids is 1. The Hall–Kier alpha value is -2.56. The van der Waals surface area contributed by atoms with Gasteiger partial charge in [0.05, 0.1) is 0 Å². The van der Waals surface area contributed by atoms with Crippen LogP contribution in [0.25, 0.3) is 0 Å². The molecule has 0 unspecified atom stereocenters. The number of benzene rings is 1. The third-order valence-corrected chi connectivity index (χ3v) is 5.24. The number of pyridine rings is 1. The first-order chi connectivity index (χ1) is 13.6. The fourth-order valence-electron chi connectivity index (χ4n) is 3.78. The Morgan fingerprint density at radius 2 is 1.68 bits per heavy atom. The molecule has 1 amide bonds. The second-order valence-corrected chi connectivity index (χ2v) is 7.51. The summed E-state index contributed by atoms with van der Waals surface area (Å²) in [6.07, 6.45) is 3.72. The Labute approximate surface area is 169 Å². The van der Waals surface area contributed by atoms with Crippen molar-refractivity contribution in [1.29, 1.82) is 0 Å². The van der Waals surface area contributed by atoms with Gasteiger partial charge in [0, 0.05) is 56.7 Å². The van der Waals surface area contributed by atoms with E-state index in [4.69, 9.17) is 0 Å². The molecule has 1 fully saturated rings. The fraction of sp³-hybridized carbons (Fsp3) is 0.478. The Bertz CT molecular complexity index is 778. The molecule has 2 heterocycles. The molecule has 0 N–H and O–H groups in total. The molecule has 150 valence electrons. The van der Waals surface area contributed by atoms with Crippen LogP contribution in [-0.2, 0) is 0 Å². The van der Waals surface area contributed by atoms with Crippen molar-refractivity contribution in [3.63, 3.8) is 0 Å². The van der Waals surface area contributed by atoms with Gasteiger partial charge >= 0.3 is 0 Å². The molecule has 1 aromatic heterocycles. The summed E-state index contributed by atoms with van der Waals surface area (Å²) in [6.45, 7) is 11.7. The normalized spacial score (nSPS) is 14.2. The molecule has 0 saturated carbocycles. The van der Waals surface area contributed by atoms with E-state index in [2.05, 4.69) is 59.8 Å². The monoisotopic (exact) mass is 380 g/mol. The first-order valence-corrected chi connectivity index (χ1v) is 10.4. The van der Waals surface area contributed by atoms with Crippen LogP contribution in [0.5, 0.6) is 0 Å². The van der Waals surface area contributed by atoms with Crippen molar-refractivity contribution < 1.29 is 4.79 Å². The molecule has 1 saturated heterocycles. The Morgan fingerprint density at radius 3 is 2.32 bits per heavy atom. The highest BCUT2D eigenvalue weighted by Gasteiger charge is 2.20. The number of rotatable bonds is 7. The summed E-state index contributed by atoms with van der Waals surface area (Å²) >= 11 is 0. The molecule has 0 radical (unpaired) electrons. The van der Waals surface area contributed by atoms with E-state index in [0.717, 1.165) is 63.5 Å². The quantitative estimate of drug-likeness (QED) is 0.728. The molecule has 1 aromatic carbocycles. The average molecular weight is 381 g/mol. The van der Waals surface area contributed by atoms with Crippen LogP contribution >= 0.6 is 0 Å². The number of nitrogens with zero attached hydrogens (tertiary/aromatic N) is 4. The number of hydrogen-bond acceptors (Lipinski definition) is 4. The van der Waals surface area contributed by atoms with Gasteiger partial charge in [-0.15, -0.1) is 0 Å². The number of aromatic nitrogens is 1. The minimum Gasteiger partial charge on any atom is -0.368 e. The molecule has 0 aliphatic carbocycles. The lowest BCUT2D eigenvalue weighted by atomic mass is 10.1. The summed E-state index contributed by atoms with van der Waals surface area (Å²) in [4.78, 5) is 24.1. The fourth-order valence-corrected chi connectivity index (χ4v) is 3.78. The standard InChI is InChI=1S/C23H32N4O/c1-4-11-27(12-5-2)23(28)20-9-10-24-22(18-20)26-15-13-25(14-16-26)21-8-6-7-19(3)17-21/h6-10,17-18H,4-5,11-16H2,1-3H3. The van der Waals surface area contributed by atoms with Crippen LogP contribution in [0.3, 0.4) is 0 Å². The van der Waals surface area contributed by atoms with Crippen LogP contribution in [-0.4, -0.2) is 55.1 Å². The largest absolute Gasteiger partial charge is 0.368 e. The predicted molar refractivity (Wildman–Crippen MR) is 116 cm³/mol. The smallest absolute Gasteiger partial charge is 0.254 e. The van der Waals surface area contributed by atoms with Gasteiger partial charge in [0.15, 0.2) is 0 Å². The van der Waals surface area contributed by atoms with Gasteiger partial charge in [0.1, 0.15) is 5.82 Å². The summed E-state index contributed by atoms with van der Waals surface area (Å²) in [5.74, 6) is 1.02. The van der Waals surface area contributed by atoms with E-state index in [1.807, 2.05) is 17.0 Å². The topological polar surface area (TPSA) is 39.7 Å². The summed E-state index contributed by atoms with van der Waals surface area (Å²) in [5.41, 5.74) is 3.32. The maximum absolute atomic E-state index is 12.9. The van der Waals surface area contributed by atoms with Crippen molar-refractivity contribution in [1.82, 2.24) is 9.88 Å². The third-order valence-electron chi connectivity index (χ3n) is 5.24. The van der Waals surface area contributed by atoms with Crippen LogP contribution in [0.2, 0.25) is 0 Å². The van der Waals surface area contributed by atoms with Crippen LogP contribution in [0.4, 0.5) is 11.5 Å². The molecule has 5 nitrogen and oxygen atoms in total. The highest BCUT2D eigenvalue weighted by Crippen LogP contribution is 2.21. The van der Waals surface area contributed by atoms with E-state index in [0.29, 0.717) is 0 Å². The van der Waals surface area contributed by atoms with Crippen molar-refractivity contribution in [3.05, 3.63) is 53.7 Å². The van der Waals surface area contributed by atoms with Gasteiger partial charge in [-0.3, -0.25) is 4.79 Å². The third kappa shape index (κ3) is 4.83. The molecule has 0 spiro atoms. The maximum Gasteiger partial charge on any atom is 0.254 e. The Kier molecular flexibility index (Phi) is 6.90. The van der Waals surface area contributed by atoms with Crippen molar-refractivity contribution in [2.24, 2.45) is 0 Å². The first kappa shape index (κ1) is 20.2. The Balaban J connectivity index is 1.67. The van der Waals surface area contributed by atoms with Gasteiger partial charge in [-0.25, -0.2) is 4.98 Å². The van der Waals surface area contributed by atoms with Crippen LogP contribution < -0.4 is 9.80 Å². The van der Waals surface area contributed by atoms with Gasteiger partial charge < -0.3 is 14.7 Å². The van der Waals surface area contributed by atoms with Crippen molar-refractivity contribution in [3.8, 4) is 0 Å². The van der Waals surface area contributed by atoms with Gasteiger partial charge in [-0.2, -0.15) is 0 Å². The summed E-state index contributed by atoms with van der Waals surface area (Å²) in [5, 5.41) is 0. The minimum atomic E-state index is 0.116. The van der Waals surface area contributed by atoms with E-state index in [-0.39, 0.29) is 5.91 Å². The van der Waals surface area contributed by atoms with Gasteiger partial charge in [0.2, 0.25) is 0 Å². The van der Waals surface area contributed by atoms with E-state index in [1.54, 1.807) is 6.20 Å². The summed E-state index contributed by atoms with van der Waals surface area (Å²) < 4.78 is 0. The highest BCUT2D eigenvalue weighted by atomic mass is 16.2. The molecular weight excluding hydrogens is 348 g/mol. The average Bonchev–Trinajstić information content (AvgIpc) is 2.73. The van der Waals surface area contributed by atoms with Crippen LogP contribution in [0.1, 0.15) is 42.6 Å². The second-order valence-electron chi connectivity index (χ2n) is 7.51. The van der Waals surface area contributed by atoms with Gasteiger partial charge in [-0.05, 0) is 49.6 Å². The van der Waals surface area contributed by atoms with Crippen LogP contribution in [0, 0.1) is 6.92 Å². The highest BCUT2D eigenvalue weighted by molar-refractivity contribution is 5.94. The molecule has 0 bridgehead atoms. The van der Waals surface area contributed by atoms with E-state index in [9.17, 15) is 4.79 Å². The number of carbonyl (C=O) groups is 1. The number of anilines is 2. The van der Waals surface area contributed by atoms with Crippen molar-refractivity contribution in [2.45, 2.75) is 33.6 Å². The molecule has 3 rings (SSSR count). The van der Waals surface area contributed by atoms with Crippen LogP contribution in [0.15, 0.2) is 42.6 Å². The molecule has 0 atom stereocenters. The maximum atomic E-state index is 12.9. The first-order valence-electron chi connectivity index (χ1n) is 10.4. The number of piperazine rings is 1. The SMILES string of the molecule is CCCN(CCC)C(=O)c1ccnc(N2CCN(c3cccc(C)c3)CC2)c1. The molecular formula is C23H32N4O. The van der Waals surface area contributed by atoms with Gasteiger partial charge in [-0.1, -0.05) is 26.0 Å². The van der Waals surface area contributed by atoms with Crippen molar-refractivity contribution >= 4 is 17.4 Å².